The third kappa shape index (κ3) is 5.87. The Labute approximate surface area is 170 Å². The molecule has 1 saturated heterocycles. The van der Waals surface area contributed by atoms with Crippen molar-refractivity contribution in [1.82, 2.24) is 15.2 Å². The summed E-state index contributed by atoms with van der Waals surface area (Å²) < 4.78 is 0. The molecule has 0 unspecified atom stereocenters. The summed E-state index contributed by atoms with van der Waals surface area (Å²) in [6, 6.07) is 8.87. The highest BCUT2D eigenvalue weighted by Gasteiger charge is 2.11. The number of guanidine groups is 1. The monoisotopic (exact) mass is 403 g/mol. The molecule has 1 N–H and O–H groups in total. The number of hydrogen-bond acceptors (Lipinski definition) is 5. The second-order valence-corrected chi connectivity index (χ2v) is 8.94. The minimum Gasteiger partial charge on any atom is -0.370 e. The number of hydrogen-bond donors (Lipinski definition) is 1. The quantitative estimate of drug-likeness (QED) is 0.590. The van der Waals surface area contributed by atoms with Crippen LogP contribution in [-0.4, -0.2) is 54.0 Å². The number of aromatic nitrogens is 1. The van der Waals surface area contributed by atoms with Gasteiger partial charge in [0.25, 0.3) is 0 Å². The van der Waals surface area contributed by atoms with Crippen molar-refractivity contribution in [3.8, 4) is 0 Å². The lowest BCUT2D eigenvalue weighted by molar-refractivity contribution is 0.471. The number of anilines is 1. The van der Waals surface area contributed by atoms with E-state index in [1.54, 1.807) is 11.3 Å². The van der Waals surface area contributed by atoms with Gasteiger partial charge in [0.05, 0.1) is 23.8 Å². The molecule has 0 bridgehead atoms. The van der Waals surface area contributed by atoms with E-state index in [0.717, 1.165) is 42.8 Å². The molecule has 2 aromatic rings. The van der Waals surface area contributed by atoms with Gasteiger partial charge in [-0.05, 0) is 31.5 Å². The maximum absolute atomic E-state index is 4.82. The van der Waals surface area contributed by atoms with Crippen molar-refractivity contribution >= 4 is 34.7 Å². The van der Waals surface area contributed by atoms with Gasteiger partial charge in [-0.3, -0.25) is 0 Å². The van der Waals surface area contributed by atoms with Gasteiger partial charge in [-0.15, -0.1) is 11.3 Å². The van der Waals surface area contributed by atoms with Crippen LogP contribution in [0.5, 0.6) is 0 Å². The van der Waals surface area contributed by atoms with Gasteiger partial charge >= 0.3 is 0 Å². The molecule has 0 amide bonds. The van der Waals surface area contributed by atoms with Gasteiger partial charge in [0.2, 0.25) is 0 Å². The van der Waals surface area contributed by atoms with Crippen LogP contribution >= 0.6 is 23.1 Å². The molecular formula is C20H29N5S2. The SMILES string of the molecule is CCNC(=NCc1ccc(N2CCSCC2)cc1)N(C)Cc1csc(C)n1. The molecule has 146 valence electrons. The topological polar surface area (TPSA) is 43.8 Å². The Balaban J connectivity index is 1.61. The van der Waals surface area contributed by atoms with Crippen molar-refractivity contribution < 1.29 is 0 Å². The molecule has 27 heavy (non-hydrogen) atoms. The van der Waals surface area contributed by atoms with E-state index in [2.05, 4.69) is 63.7 Å². The Morgan fingerprint density at radius 1 is 1.26 bits per heavy atom. The molecular weight excluding hydrogens is 374 g/mol. The first-order valence-corrected chi connectivity index (χ1v) is 11.5. The van der Waals surface area contributed by atoms with E-state index < -0.39 is 0 Å². The van der Waals surface area contributed by atoms with Crippen LogP contribution in [0.25, 0.3) is 0 Å². The number of nitrogens with one attached hydrogen (secondary N) is 1. The fraction of sp³-hybridized carbons (Fsp3) is 0.500. The fourth-order valence-electron chi connectivity index (χ4n) is 3.07. The van der Waals surface area contributed by atoms with Crippen LogP contribution in [0.1, 0.15) is 23.2 Å². The zero-order valence-corrected chi connectivity index (χ0v) is 18.1. The number of nitrogens with zero attached hydrogens (tertiary/aromatic N) is 4. The van der Waals surface area contributed by atoms with E-state index in [1.165, 1.54) is 22.8 Å². The summed E-state index contributed by atoms with van der Waals surface area (Å²) in [6.07, 6.45) is 0. The van der Waals surface area contributed by atoms with E-state index >= 15 is 0 Å². The highest BCUT2D eigenvalue weighted by molar-refractivity contribution is 7.99. The first-order chi connectivity index (χ1) is 13.2. The van der Waals surface area contributed by atoms with Crippen molar-refractivity contribution in [2.75, 3.05) is 43.1 Å². The normalized spacial score (nSPS) is 15.1. The Hall–Kier alpha value is -1.73. The van der Waals surface area contributed by atoms with Gasteiger partial charge in [-0.2, -0.15) is 11.8 Å². The van der Waals surface area contributed by atoms with Crippen molar-refractivity contribution in [3.63, 3.8) is 0 Å². The Kier molecular flexibility index (Phi) is 7.41. The molecule has 0 saturated carbocycles. The van der Waals surface area contributed by atoms with Crippen LogP contribution in [0, 0.1) is 6.92 Å². The average Bonchev–Trinajstić information content (AvgIpc) is 3.10. The largest absolute Gasteiger partial charge is 0.370 e. The Bertz CT molecular complexity index is 735. The number of thioether (sulfide) groups is 1. The summed E-state index contributed by atoms with van der Waals surface area (Å²) in [5.74, 6) is 3.37. The minimum atomic E-state index is 0.679. The van der Waals surface area contributed by atoms with Crippen molar-refractivity contribution in [3.05, 3.63) is 45.9 Å². The summed E-state index contributed by atoms with van der Waals surface area (Å²) in [7, 11) is 2.06. The lowest BCUT2D eigenvalue weighted by atomic mass is 10.2. The van der Waals surface area contributed by atoms with Crippen molar-refractivity contribution in [2.24, 2.45) is 4.99 Å². The molecule has 3 rings (SSSR count). The zero-order chi connectivity index (χ0) is 19.1. The van der Waals surface area contributed by atoms with Crippen molar-refractivity contribution in [2.45, 2.75) is 26.9 Å². The Morgan fingerprint density at radius 3 is 2.63 bits per heavy atom. The highest BCUT2D eigenvalue weighted by Crippen LogP contribution is 2.20. The van der Waals surface area contributed by atoms with Gasteiger partial charge in [0.1, 0.15) is 0 Å². The number of aryl methyl sites for hydroxylation is 1. The second kappa shape index (κ2) is 9.99. The summed E-state index contributed by atoms with van der Waals surface area (Å²) in [5.41, 5.74) is 3.65. The molecule has 1 aromatic carbocycles. The molecule has 7 heteroatoms. The molecule has 1 aromatic heterocycles. The molecule has 0 aliphatic carbocycles. The molecule has 0 radical (unpaired) electrons. The molecule has 1 fully saturated rings. The lowest BCUT2D eigenvalue weighted by Crippen LogP contribution is -2.38. The average molecular weight is 404 g/mol. The summed E-state index contributed by atoms with van der Waals surface area (Å²) in [6.45, 7) is 8.73. The van der Waals surface area contributed by atoms with Crippen LogP contribution in [0.3, 0.4) is 0 Å². The van der Waals surface area contributed by atoms with E-state index in [1.807, 2.05) is 18.7 Å². The van der Waals surface area contributed by atoms with Crippen LogP contribution in [0.2, 0.25) is 0 Å². The molecule has 0 atom stereocenters. The van der Waals surface area contributed by atoms with E-state index in [9.17, 15) is 0 Å². The smallest absolute Gasteiger partial charge is 0.194 e. The van der Waals surface area contributed by atoms with Gasteiger partial charge in [0, 0.05) is 49.3 Å². The van der Waals surface area contributed by atoms with E-state index in [4.69, 9.17) is 4.99 Å². The summed E-state index contributed by atoms with van der Waals surface area (Å²) in [4.78, 5) is 14.0. The molecule has 1 aliphatic heterocycles. The lowest BCUT2D eigenvalue weighted by Gasteiger charge is -2.28. The number of rotatable bonds is 6. The predicted octanol–water partition coefficient (Wildman–Crippen LogP) is 3.60. The first kappa shape index (κ1) is 20.0. The summed E-state index contributed by atoms with van der Waals surface area (Å²) >= 11 is 3.73. The maximum atomic E-state index is 4.82. The van der Waals surface area contributed by atoms with Crippen molar-refractivity contribution in [1.29, 1.82) is 0 Å². The highest BCUT2D eigenvalue weighted by atomic mass is 32.2. The minimum absolute atomic E-state index is 0.679. The van der Waals surface area contributed by atoms with Crippen LogP contribution in [-0.2, 0) is 13.1 Å². The molecule has 2 heterocycles. The standard InChI is InChI=1S/C20H29N5S2/c1-4-21-20(24(3)14-18-15-27-16(2)23-18)22-13-17-5-7-19(8-6-17)25-9-11-26-12-10-25/h5-8,15H,4,9-14H2,1-3H3,(H,21,22). The molecule has 5 nitrogen and oxygen atoms in total. The van der Waals surface area contributed by atoms with Crippen LogP contribution in [0.4, 0.5) is 5.69 Å². The third-order valence-electron chi connectivity index (χ3n) is 4.49. The van der Waals surface area contributed by atoms with E-state index in [-0.39, 0.29) is 0 Å². The van der Waals surface area contributed by atoms with Gasteiger partial charge in [-0.1, -0.05) is 12.1 Å². The van der Waals surface area contributed by atoms with Gasteiger partial charge < -0.3 is 15.1 Å². The van der Waals surface area contributed by atoms with Gasteiger partial charge in [-0.25, -0.2) is 9.98 Å². The molecule has 0 spiro atoms. The first-order valence-electron chi connectivity index (χ1n) is 9.48. The second-order valence-electron chi connectivity index (χ2n) is 6.65. The Morgan fingerprint density at radius 2 is 2.00 bits per heavy atom. The van der Waals surface area contributed by atoms with Crippen LogP contribution < -0.4 is 10.2 Å². The number of benzene rings is 1. The third-order valence-corrected chi connectivity index (χ3v) is 6.25. The molecule has 1 aliphatic rings. The van der Waals surface area contributed by atoms with Crippen LogP contribution in [0.15, 0.2) is 34.6 Å². The zero-order valence-electron chi connectivity index (χ0n) is 16.4. The number of aliphatic imine (C=N–C) groups is 1. The fourth-order valence-corrected chi connectivity index (χ4v) is 4.58. The summed E-state index contributed by atoms with van der Waals surface area (Å²) in [5, 5.41) is 6.61. The maximum Gasteiger partial charge on any atom is 0.194 e. The van der Waals surface area contributed by atoms with E-state index in [0.29, 0.717) is 6.54 Å². The number of thiazole rings is 1. The van der Waals surface area contributed by atoms with Gasteiger partial charge in [0.15, 0.2) is 5.96 Å². The predicted molar refractivity (Wildman–Crippen MR) is 119 cm³/mol.